The van der Waals surface area contributed by atoms with Gasteiger partial charge in [0.1, 0.15) is 0 Å². The van der Waals surface area contributed by atoms with Crippen LogP contribution < -0.4 is 0 Å². The second-order valence-corrected chi connectivity index (χ2v) is 4.97. The van der Waals surface area contributed by atoms with Crippen molar-refractivity contribution in [2.24, 2.45) is 0 Å². The molecule has 0 spiro atoms. The number of rotatable bonds is 7. The maximum absolute atomic E-state index is 11.8. The lowest BCUT2D eigenvalue weighted by molar-refractivity contribution is -0.130. The van der Waals surface area contributed by atoms with Crippen LogP contribution in [0.4, 0.5) is 0 Å². The minimum Gasteiger partial charge on any atom is -0.392 e. The van der Waals surface area contributed by atoms with Crippen LogP contribution in [0.1, 0.15) is 24.5 Å². The maximum atomic E-state index is 11.8. The number of aliphatic hydroxyl groups is 1. The van der Waals surface area contributed by atoms with Gasteiger partial charge < -0.3 is 10.0 Å². The fourth-order valence-electron chi connectivity index (χ4n) is 1.87. The third-order valence-electron chi connectivity index (χ3n) is 3.01. The summed E-state index contributed by atoms with van der Waals surface area (Å²) in [4.78, 5) is 15.5. The molecule has 0 aliphatic carbocycles. The minimum absolute atomic E-state index is 0.0675. The molecule has 0 radical (unpaired) electrons. The first-order valence-electron chi connectivity index (χ1n) is 6.68. The van der Waals surface area contributed by atoms with Gasteiger partial charge in [-0.2, -0.15) is 0 Å². The van der Waals surface area contributed by atoms with E-state index in [0.717, 1.165) is 30.6 Å². The van der Waals surface area contributed by atoms with Gasteiger partial charge in [-0.1, -0.05) is 31.2 Å². The number of likely N-dealkylation sites (N-methyl/N-ethyl adjacent to an activating group) is 1. The van der Waals surface area contributed by atoms with Gasteiger partial charge in [0, 0.05) is 20.6 Å². The molecule has 0 bridgehead atoms. The summed E-state index contributed by atoms with van der Waals surface area (Å²) in [5.74, 6) is 0.125. The van der Waals surface area contributed by atoms with E-state index in [1.165, 1.54) is 0 Å². The lowest BCUT2D eigenvalue weighted by atomic mass is 10.1. The predicted molar refractivity (Wildman–Crippen MR) is 76.6 cm³/mol. The molecule has 1 amide bonds. The predicted octanol–water partition coefficient (Wildman–Crippen LogP) is 1.48. The number of hydrogen-bond donors (Lipinski definition) is 1. The van der Waals surface area contributed by atoms with Crippen LogP contribution >= 0.6 is 0 Å². The highest BCUT2D eigenvalue weighted by atomic mass is 16.3. The number of carbonyl (C=O) groups is 1. The summed E-state index contributed by atoms with van der Waals surface area (Å²) < 4.78 is 0. The van der Waals surface area contributed by atoms with E-state index in [-0.39, 0.29) is 12.5 Å². The smallest absolute Gasteiger partial charge is 0.236 e. The summed E-state index contributed by atoms with van der Waals surface area (Å²) >= 11 is 0. The van der Waals surface area contributed by atoms with Crippen LogP contribution in [0, 0.1) is 0 Å². The average molecular weight is 264 g/mol. The molecule has 0 aliphatic rings. The summed E-state index contributed by atoms with van der Waals surface area (Å²) in [6, 6.07) is 7.86. The van der Waals surface area contributed by atoms with E-state index >= 15 is 0 Å². The van der Waals surface area contributed by atoms with Crippen LogP contribution in [0.25, 0.3) is 0 Å². The van der Waals surface area contributed by atoms with E-state index in [0.29, 0.717) is 6.54 Å². The van der Waals surface area contributed by atoms with Crippen molar-refractivity contribution < 1.29 is 9.90 Å². The molecular formula is C15H24N2O2. The molecule has 0 unspecified atom stereocenters. The average Bonchev–Trinajstić information content (AvgIpc) is 2.39. The Morgan fingerprint density at radius 3 is 2.21 bits per heavy atom. The fourth-order valence-corrected chi connectivity index (χ4v) is 1.87. The Balaban J connectivity index is 2.63. The van der Waals surface area contributed by atoms with Gasteiger partial charge in [0.2, 0.25) is 5.91 Å². The van der Waals surface area contributed by atoms with Crippen LogP contribution in [0.3, 0.4) is 0 Å². The fraction of sp³-hybridized carbons (Fsp3) is 0.533. The molecule has 0 fully saturated rings. The van der Waals surface area contributed by atoms with Crippen molar-refractivity contribution in [1.29, 1.82) is 0 Å². The molecule has 4 heteroatoms. The lowest BCUT2D eigenvalue weighted by Gasteiger charge is -2.23. The van der Waals surface area contributed by atoms with Gasteiger partial charge in [-0.3, -0.25) is 9.69 Å². The standard InChI is InChI=1S/C15H24N2O2/c1-4-9-17(11-15(19)16(2)3)10-13-5-7-14(12-18)8-6-13/h5-8,18H,4,9-12H2,1-3H3. The Morgan fingerprint density at radius 2 is 1.74 bits per heavy atom. The van der Waals surface area contributed by atoms with Crippen LogP contribution in [0.5, 0.6) is 0 Å². The Bertz CT molecular complexity index is 388. The van der Waals surface area contributed by atoms with E-state index in [9.17, 15) is 4.79 Å². The summed E-state index contributed by atoms with van der Waals surface area (Å²) in [7, 11) is 3.56. The number of nitrogens with zero attached hydrogens (tertiary/aromatic N) is 2. The number of amides is 1. The highest BCUT2D eigenvalue weighted by Crippen LogP contribution is 2.08. The molecule has 1 N–H and O–H groups in total. The van der Waals surface area contributed by atoms with Crippen LogP contribution in [0.2, 0.25) is 0 Å². The topological polar surface area (TPSA) is 43.8 Å². The number of hydrogen-bond acceptors (Lipinski definition) is 3. The van der Waals surface area contributed by atoms with E-state index in [1.54, 1.807) is 19.0 Å². The molecule has 1 aromatic rings. The Labute approximate surface area is 115 Å². The molecule has 4 nitrogen and oxygen atoms in total. The van der Waals surface area contributed by atoms with Crippen molar-refractivity contribution in [3.63, 3.8) is 0 Å². The van der Waals surface area contributed by atoms with Gasteiger partial charge in [0.15, 0.2) is 0 Å². The first-order valence-corrected chi connectivity index (χ1v) is 6.68. The molecule has 106 valence electrons. The summed E-state index contributed by atoms with van der Waals surface area (Å²) in [5.41, 5.74) is 2.08. The van der Waals surface area contributed by atoms with Crippen molar-refractivity contribution in [2.45, 2.75) is 26.5 Å². The molecule has 19 heavy (non-hydrogen) atoms. The second kappa shape index (κ2) is 7.92. The van der Waals surface area contributed by atoms with Crippen LogP contribution in [-0.4, -0.2) is 48.0 Å². The zero-order valence-corrected chi connectivity index (χ0v) is 12.1. The van der Waals surface area contributed by atoms with Gasteiger partial charge in [-0.05, 0) is 24.1 Å². The minimum atomic E-state index is 0.0675. The zero-order valence-electron chi connectivity index (χ0n) is 12.1. The van der Waals surface area contributed by atoms with E-state index < -0.39 is 0 Å². The van der Waals surface area contributed by atoms with Gasteiger partial charge in [-0.25, -0.2) is 0 Å². The molecule has 0 heterocycles. The summed E-state index contributed by atoms with van der Waals surface area (Å²) in [5, 5.41) is 9.01. The third-order valence-corrected chi connectivity index (χ3v) is 3.01. The Kier molecular flexibility index (Phi) is 6.53. The number of aliphatic hydroxyl groups excluding tert-OH is 1. The molecule has 1 rings (SSSR count). The van der Waals surface area contributed by atoms with E-state index in [2.05, 4.69) is 11.8 Å². The van der Waals surface area contributed by atoms with Gasteiger partial charge in [0.25, 0.3) is 0 Å². The van der Waals surface area contributed by atoms with Crippen molar-refractivity contribution in [3.8, 4) is 0 Å². The van der Waals surface area contributed by atoms with Crippen molar-refractivity contribution in [2.75, 3.05) is 27.2 Å². The molecule has 0 saturated carbocycles. The summed E-state index contributed by atoms with van der Waals surface area (Å²) in [6.45, 7) is 4.29. The van der Waals surface area contributed by atoms with Gasteiger partial charge in [0.05, 0.1) is 13.2 Å². The first-order chi connectivity index (χ1) is 9.06. The largest absolute Gasteiger partial charge is 0.392 e. The summed E-state index contributed by atoms with van der Waals surface area (Å²) in [6.07, 6.45) is 1.02. The highest BCUT2D eigenvalue weighted by molar-refractivity contribution is 5.77. The molecular weight excluding hydrogens is 240 g/mol. The SMILES string of the molecule is CCCN(CC(=O)N(C)C)Cc1ccc(CO)cc1. The molecule has 0 saturated heterocycles. The van der Waals surface area contributed by atoms with Gasteiger partial charge >= 0.3 is 0 Å². The van der Waals surface area contributed by atoms with Crippen molar-refractivity contribution in [3.05, 3.63) is 35.4 Å². The quantitative estimate of drug-likeness (QED) is 0.811. The van der Waals surface area contributed by atoms with Gasteiger partial charge in [-0.15, -0.1) is 0 Å². The molecule has 0 aliphatic heterocycles. The first kappa shape index (κ1) is 15.7. The number of carbonyl (C=O) groups excluding carboxylic acids is 1. The third kappa shape index (κ3) is 5.41. The normalized spacial score (nSPS) is 10.8. The Hall–Kier alpha value is -1.39. The second-order valence-electron chi connectivity index (χ2n) is 4.97. The van der Waals surface area contributed by atoms with Crippen molar-refractivity contribution in [1.82, 2.24) is 9.80 Å². The molecule has 0 aromatic heterocycles. The molecule has 1 aromatic carbocycles. The maximum Gasteiger partial charge on any atom is 0.236 e. The van der Waals surface area contributed by atoms with E-state index in [4.69, 9.17) is 5.11 Å². The lowest BCUT2D eigenvalue weighted by Crippen LogP contribution is -2.36. The highest BCUT2D eigenvalue weighted by Gasteiger charge is 2.11. The van der Waals surface area contributed by atoms with Crippen molar-refractivity contribution >= 4 is 5.91 Å². The molecule has 0 atom stereocenters. The number of benzene rings is 1. The van der Waals surface area contributed by atoms with Crippen LogP contribution in [-0.2, 0) is 17.9 Å². The van der Waals surface area contributed by atoms with E-state index in [1.807, 2.05) is 24.3 Å². The monoisotopic (exact) mass is 264 g/mol. The van der Waals surface area contributed by atoms with Crippen LogP contribution in [0.15, 0.2) is 24.3 Å². The Morgan fingerprint density at radius 1 is 1.16 bits per heavy atom. The zero-order chi connectivity index (χ0) is 14.3.